The van der Waals surface area contributed by atoms with Gasteiger partial charge in [0.15, 0.2) is 0 Å². The van der Waals surface area contributed by atoms with Gasteiger partial charge in [-0.25, -0.2) is 0 Å². The maximum absolute atomic E-state index is 13.0. The van der Waals surface area contributed by atoms with Crippen LogP contribution < -0.4 is 10.1 Å². The van der Waals surface area contributed by atoms with Crippen molar-refractivity contribution < 1.29 is 14.3 Å². The summed E-state index contributed by atoms with van der Waals surface area (Å²) < 4.78 is 11.3. The van der Waals surface area contributed by atoms with Crippen LogP contribution in [-0.2, 0) is 30.8 Å². The first-order valence-corrected chi connectivity index (χ1v) is 10.4. The predicted octanol–water partition coefficient (Wildman–Crippen LogP) is 5.79. The Morgan fingerprint density at radius 1 is 0.833 bits per heavy atom. The van der Waals surface area contributed by atoms with E-state index in [0.717, 1.165) is 40.8 Å². The molecule has 0 saturated heterocycles. The molecule has 4 nitrogen and oxygen atoms in total. The van der Waals surface area contributed by atoms with Crippen molar-refractivity contribution in [1.82, 2.24) is 0 Å². The van der Waals surface area contributed by atoms with Gasteiger partial charge >= 0.3 is 0 Å². The molecule has 4 heteroatoms. The molecule has 3 rings (SSSR count). The first kappa shape index (κ1) is 21.6. The fourth-order valence-corrected chi connectivity index (χ4v) is 3.47. The summed E-state index contributed by atoms with van der Waals surface area (Å²) in [5.74, 6) is 0.584. The Bertz CT molecular complexity index is 961. The monoisotopic (exact) mass is 403 g/mol. The van der Waals surface area contributed by atoms with Gasteiger partial charge in [0, 0.05) is 16.8 Å². The average molecular weight is 404 g/mol. The number of nitrogens with one attached hydrogen (secondary N) is 1. The molecule has 30 heavy (non-hydrogen) atoms. The standard InChI is InChI=1S/C26H29NO3/c1-4-20-12-9-13-21(5-2)25(20)27-26(28)22-14-15-24(29-3)23(16-22)18-30-17-19-10-7-6-8-11-19/h6-16H,4-5,17-18H2,1-3H3,(H,27,28). The molecule has 3 aromatic rings. The maximum Gasteiger partial charge on any atom is 0.255 e. The topological polar surface area (TPSA) is 47.6 Å². The summed E-state index contributed by atoms with van der Waals surface area (Å²) in [6, 6.07) is 21.6. The second-order valence-electron chi connectivity index (χ2n) is 7.12. The van der Waals surface area contributed by atoms with E-state index >= 15 is 0 Å². The molecule has 3 aromatic carbocycles. The van der Waals surface area contributed by atoms with Gasteiger partial charge in [-0.2, -0.15) is 0 Å². The van der Waals surface area contributed by atoms with Crippen LogP contribution in [0.15, 0.2) is 66.7 Å². The fraction of sp³-hybridized carbons (Fsp3) is 0.269. The molecule has 156 valence electrons. The highest BCUT2D eigenvalue weighted by Crippen LogP contribution is 2.25. The summed E-state index contributed by atoms with van der Waals surface area (Å²) in [5, 5.41) is 3.12. The van der Waals surface area contributed by atoms with Gasteiger partial charge in [0.25, 0.3) is 5.91 Å². The molecular weight excluding hydrogens is 374 g/mol. The lowest BCUT2D eigenvalue weighted by molar-refractivity contribution is 0.102. The quantitative estimate of drug-likeness (QED) is 0.492. The molecule has 0 unspecified atom stereocenters. The van der Waals surface area contributed by atoms with Crippen LogP contribution >= 0.6 is 0 Å². The summed E-state index contributed by atoms with van der Waals surface area (Å²) >= 11 is 0. The number of ether oxygens (including phenoxy) is 2. The SMILES string of the molecule is CCc1cccc(CC)c1NC(=O)c1ccc(OC)c(COCc2ccccc2)c1. The Hall–Kier alpha value is -3.11. The Kier molecular flexibility index (Phi) is 7.63. The van der Waals surface area contributed by atoms with Crippen LogP contribution in [0.4, 0.5) is 5.69 Å². The third kappa shape index (κ3) is 5.28. The van der Waals surface area contributed by atoms with E-state index in [2.05, 4.69) is 31.3 Å². The number of hydrogen-bond acceptors (Lipinski definition) is 3. The Balaban J connectivity index is 1.76. The molecular formula is C26H29NO3. The van der Waals surface area contributed by atoms with Crippen molar-refractivity contribution in [2.75, 3.05) is 12.4 Å². The van der Waals surface area contributed by atoms with Crippen LogP contribution in [0.3, 0.4) is 0 Å². The van der Waals surface area contributed by atoms with Gasteiger partial charge in [-0.15, -0.1) is 0 Å². The molecule has 0 spiro atoms. The van der Waals surface area contributed by atoms with Crippen LogP contribution in [0.2, 0.25) is 0 Å². The highest BCUT2D eigenvalue weighted by atomic mass is 16.5. The number of anilines is 1. The molecule has 0 radical (unpaired) electrons. The Morgan fingerprint density at radius 3 is 2.17 bits per heavy atom. The van der Waals surface area contributed by atoms with Crippen molar-refractivity contribution in [2.24, 2.45) is 0 Å². The summed E-state index contributed by atoms with van der Waals surface area (Å²) in [4.78, 5) is 13.0. The zero-order valence-corrected chi connectivity index (χ0v) is 17.9. The van der Waals surface area contributed by atoms with Crippen molar-refractivity contribution in [3.63, 3.8) is 0 Å². The number of para-hydroxylation sites is 1. The lowest BCUT2D eigenvalue weighted by atomic mass is 10.0. The number of benzene rings is 3. The van der Waals surface area contributed by atoms with Crippen molar-refractivity contribution in [1.29, 1.82) is 0 Å². The van der Waals surface area contributed by atoms with Crippen molar-refractivity contribution in [2.45, 2.75) is 39.9 Å². The van der Waals surface area contributed by atoms with Gasteiger partial charge in [-0.05, 0) is 47.7 Å². The number of methoxy groups -OCH3 is 1. The summed E-state index contributed by atoms with van der Waals surface area (Å²) in [7, 11) is 1.63. The minimum absolute atomic E-state index is 0.127. The van der Waals surface area contributed by atoms with Crippen molar-refractivity contribution in [3.05, 3.63) is 94.5 Å². The first-order chi connectivity index (χ1) is 14.7. The fourth-order valence-electron chi connectivity index (χ4n) is 3.47. The molecule has 0 fully saturated rings. The molecule has 1 N–H and O–H groups in total. The van der Waals surface area contributed by atoms with E-state index in [0.29, 0.717) is 24.5 Å². The molecule has 0 aromatic heterocycles. The maximum atomic E-state index is 13.0. The zero-order chi connectivity index (χ0) is 21.3. The van der Waals surface area contributed by atoms with Gasteiger partial charge in [0.2, 0.25) is 0 Å². The minimum atomic E-state index is -0.127. The third-order valence-electron chi connectivity index (χ3n) is 5.15. The summed E-state index contributed by atoms with van der Waals surface area (Å²) in [6.07, 6.45) is 1.73. The molecule has 0 aliphatic heterocycles. The van der Waals surface area contributed by atoms with Gasteiger partial charge in [-0.1, -0.05) is 62.4 Å². The van der Waals surface area contributed by atoms with E-state index in [1.165, 1.54) is 0 Å². The molecule has 0 saturated carbocycles. The molecule has 0 aliphatic rings. The molecule has 0 bridgehead atoms. The largest absolute Gasteiger partial charge is 0.496 e. The van der Waals surface area contributed by atoms with Crippen molar-refractivity contribution >= 4 is 11.6 Å². The lowest BCUT2D eigenvalue weighted by Crippen LogP contribution is -2.15. The first-order valence-electron chi connectivity index (χ1n) is 10.4. The minimum Gasteiger partial charge on any atom is -0.496 e. The lowest BCUT2D eigenvalue weighted by Gasteiger charge is -2.15. The van der Waals surface area contributed by atoms with Crippen LogP contribution in [0, 0.1) is 0 Å². The van der Waals surface area contributed by atoms with E-state index in [1.807, 2.05) is 48.5 Å². The number of aryl methyl sites for hydroxylation is 2. The third-order valence-corrected chi connectivity index (χ3v) is 5.15. The molecule has 0 heterocycles. The van der Waals surface area contributed by atoms with Gasteiger partial charge in [0.1, 0.15) is 5.75 Å². The van der Waals surface area contributed by atoms with E-state index in [4.69, 9.17) is 9.47 Å². The average Bonchev–Trinajstić information content (AvgIpc) is 2.79. The number of hydrogen-bond donors (Lipinski definition) is 1. The van der Waals surface area contributed by atoms with E-state index in [9.17, 15) is 4.79 Å². The van der Waals surface area contributed by atoms with Gasteiger partial charge in [0.05, 0.1) is 20.3 Å². The molecule has 1 amide bonds. The van der Waals surface area contributed by atoms with E-state index in [1.54, 1.807) is 13.2 Å². The molecule has 0 atom stereocenters. The highest BCUT2D eigenvalue weighted by molar-refractivity contribution is 6.05. The van der Waals surface area contributed by atoms with Crippen molar-refractivity contribution in [3.8, 4) is 5.75 Å². The Labute approximate surface area is 178 Å². The number of amides is 1. The number of carbonyl (C=O) groups is 1. The second kappa shape index (κ2) is 10.6. The normalized spacial score (nSPS) is 10.6. The highest BCUT2D eigenvalue weighted by Gasteiger charge is 2.14. The summed E-state index contributed by atoms with van der Waals surface area (Å²) in [5.41, 5.74) is 5.74. The van der Waals surface area contributed by atoms with Crippen LogP contribution in [-0.4, -0.2) is 13.0 Å². The van der Waals surface area contributed by atoms with Gasteiger partial charge < -0.3 is 14.8 Å². The van der Waals surface area contributed by atoms with E-state index in [-0.39, 0.29) is 5.91 Å². The number of carbonyl (C=O) groups excluding carboxylic acids is 1. The number of rotatable bonds is 9. The smallest absolute Gasteiger partial charge is 0.255 e. The van der Waals surface area contributed by atoms with Crippen LogP contribution in [0.25, 0.3) is 0 Å². The van der Waals surface area contributed by atoms with Crippen LogP contribution in [0.1, 0.15) is 46.5 Å². The predicted molar refractivity (Wildman–Crippen MR) is 121 cm³/mol. The second-order valence-corrected chi connectivity index (χ2v) is 7.12. The van der Waals surface area contributed by atoms with E-state index < -0.39 is 0 Å². The zero-order valence-electron chi connectivity index (χ0n) is 17.9. The van der Waals surface area contributed by atoms with Gasteiger partial charge in [-0.3, -0.25) is 4.79 Å². The Morgan fingerprint density at radius 2 is 1.53 bits per heavy atom. The molecule has 0 aliphatic carbocycles. The van der Waals surface area contributed by atoms with Crippen LogP contribution in [0.5, 0.6) is 5.75 Å². The summed E-state index contributed by atoms with van der Waals surface area (Å²) in [6.45, 7) is 5.06.